The van der Waals surface area contributed by atoms with E-state index in [0.29, 0.717) is 6.04 Å². The van der Waals surface area contributed by atoms with Gasteiger partial charge in [0.05, 0.1) is 5.69 Å². The Bertz CT molecular complexity index is 445. The molecule has 1 aromatic heterocycles. The lowest BCUT2D eigenvalue weighted by Crippen LogP contribution is -2.58. The summed E-state index contributed by atoms with van der Waals surface area (Å²) in [6.45, 7) is 7.99. The molecule has 0 aromatic carbocycles. The molecule has 2 aliphatic rings. The minimum absolute atomic E-state index is 0.637. The Morgan fingerprint density at radius 2 is 2.19 bits per heavy atom. The summed E-state index contributed by atoms with van der Waals surface area (Å²) in [5.41, 5.74) is 2.46. The van der Waals surface area contributed by atoms with Gasteiger partial charge in [0.15, 0.2) is 0 Å². The predicted octanol–water partition coefficient (Wildman–Crippen LogP) is 1.86. The first kappa shape index (κ1) is 14.9. The Hall–Kier alpha value is -0.970. The van der Waals surface area contributed by atoms with Crippen molar-refractivity contribution in [3.8, 4) is 0 Å². The van der Waals surface area contributed by atoms with Gasteiger partial charge in [0.1, 0.15) is 0 Å². The van der Waals surface area contributed by atoms with E-state index in [2.05, 4.69) is 39.2 Å². The Labute approximate surface area is 128 Å². The van der Waals surface area contributed by atoms with Crippen LogP contribution in [-0.4, -0.2) is 53.5 Å². The van der Waals surface area contributed by atoms with E-state index in [1.165, 1.54) is 50.2 Å². The van der Waals surface area contributed by atoms with Gasteiger partial charge < -0.3 is 5.32 Å². The molecule has 0 saturated carbocycles. The maximum atomic E-state index is 4.63. The first-order chi connectivity index (χ1) is 10.3. The summed E-state index contributed by atoms with van der Waals surface area (Å²) in [6, 6.07) is 5.80. The van der Waals surface area contributed by atoms with Gasteiger partial charge in [-0.1, -0.05) is 12.5 Å². The van der Waals surface area contributed by atoms with Crippen molar-refractivity contribution >= 4 is 0 Å². The lowest BCUT2D eigenvalue weighted by atomic mass is 9.97. The van der Waals surface area contributed by atoms with Gasteiger partial charge in [-0.2, -0.15) is 0 Å². The number of aromatic nitrogens is 1. The topological polar surface area (TPSA) is 31.4 Å². The predicted molar refractivity (Wildman–Crippen MR) is 86.1 cm³/mol. The molecule has 0 spiro atoms. The highest BCUT2D eigenvalue weighted by molar-refractivity contribution is 5.14. The summed E-state index contributed by atoms with van der Waals surface area (Å²) >= 11 is 0. The number of piperidine rings is 1. The summed E-state index contributed by atoms with van der Waals surface area (Å²) in [5.74, 6) is 0. The summed E-state index contributed by atoms with van der Waals surface area (Å²) in [5, 5.41) is 3.17. The van der Waals surface area contributed by atoms with E-state index < -0.39 is 0 Å². The SMILES string of the molecule is CNCc1ccc(CN2CC3CCCCN3CC2C)nc1. The zero-order chi connectivity index (χ0) is 14.7. The van der Waals surface area contributed by atoms with Crippen molar-refractivity contribution in [2.24, 2.45) is 0 Å². The third-order valence-electron chi connectivity index (χ3n) is 4.95. The van der Waals surface area contributed by atoms with Crippen LogP contribution in [0.3, 0.4) is 0 Å². The smallest absolute Gasteiger partial charge is 0.0544 e. The van der Waals surface area contributed by atoms with Gasteiger partial charge in [0, 0.05) is 44.5 Å². The molecule has 4 heteroatoms. The number of pyridine rings is 1. The summed E-state index contributed by atoms with van der Waals surface area (Å²) < 4.78 is 0. The number of hydrogen-bond donors (Lipinski definition) is 1. The minimum atomic E-state index is 0.637. The van der Waals surface area contributed by atoms with E-state index in [0.717, 1.165) is 19.1 Å². The largest absolute Gasteiger partial charge is 0.316 e. The Kier molecular flexibility index (Phi) is 4.88. The van der Waals surface area contributed by atoms with Crippen LogP contribution < -0.4 is 5.32 Å². The van der Waals surface area contributed by atoms with E-state index in [1.807, 2.05) is 13.2 Å². The van der Waals surface area contributed by atoms with Crippen LogP contribution in [0.15, 0.2) is 18.3 Å². The summed E-state index contributed by atoms with van der Waals surface area (Å²) in [6.07, 6.45) is 6.17. The highest BCUT2D eigenvalue weighted by Gasteiger charge is 2.32. The van der Waals surface area contributed by atoms with Gasteiger partial charge in [0.25, 0.3) is 0 Å². The van der Waals surface area contributed by atoms with Crippen LogP contribution in [0.1, 0.15) is 37.4 Å². The lowest BCUT2D eigenvalue weighted by Gasteiger charge is -2.47. The first-order valence-electron chi connectivity index (χ1n) is 8.33. The molecule has 2 aliphatic heterocycles. The molecule has 2 saturated heterocycles. The van der Waals surface area contributed by atoms with Crippen molar-refractivity contribution in [1.29, 1.82) is 0 Å². The summed E-state index contributed by atoms with van der Waals surface area (Å²) in [7, 11) is 1.97. The highest BCUT2D eigenvalue weighted by Crippen LogP contribution is 2.24. The molecule has 0 bridgehead atoms. The van der Waals surface area contributed by atoms with Crippen LogP contribution in [0.5, 0.6) is 0 Å². The number of piperazine rings is 1. The second-order valence-corrected chi connectivity index (χ2v) is 6.61. The third kappa shape index (κ3) is 3.62. The van der Waals surface area contributed by atoms with Crippen molar-refractivity contribution in [3.63, 3.8) is 0 Å². The average molecular weight is 288 g/mol. The lowest BCUT2D eigenvalue weighted by molar-refractivity contribution is 0.0105. The van der Waals surface area contributed by atoms with Gasteiger partial charge in [-0.05, 0) is 45.0 Å². The molecule has 2 unspecified atom stereocenters. The Morgan fingerprint density at radius 3 is 2.95 bits per heavy atom. The molecule has 0 radical (unpaired) electrons. The van der Waals surface area contributed by atoms with Crippen molar-refractivity contribution in [2.45, 2.75) is 51.4 Å². The molecule has 4 nitrogen and oxygen atoms in total. The van der Waals surface area contributed by atoms with Crippen molar-refractivity contribution in [1.82, 2.24) is 20.1 Å². The molecule has 1 aromatic rings. The van der Waals surface area contributed by atoms with Gasteiger partial charge in [-0.25, -0.2) is 0 Å². The van der Waals surface area contributed by atoms with Crippen LogP contribution in [0.4, 0.5) is 0 Å². The number of nitrogens with zero attached hydrogens (tertiary/aromatic N) is 3. The third-order valence-corrected chi connectivity index (χ3v) is 4.95. The number of rotatable bonds is 4. The Balaban J connectivity index is 1.61. The molecule has 21 heavy (non-hydrogen) atoms. The molecule has 2 fully saturated rings. The molecule has 3 heterocycles. The molecule has 3 rings (SSSR count). The van der Waals surface area contributed by atoms with E-state index >= 15 is 0 Å². The van der Waals surface area contributed by atoms with Crippen molar-refractivity contribution in [3.05, 3.63) is 29.6 Å². The fourth-order valence-electron chi connectivity index (χ4n) is 3.70. The normalized spacial score (nSPS) is 27.5. The monoisotopic (exact) mass is 288 g/mol. The molecule has 1 N–H and O–H groups in total. The van der Waals surface area contributed by atoms with Crippen LogP contribution in [0, 0.1) is 0 Å². The fourth-order valence-corrected chi connectivity index (χ4v) is 3.70. The van der Waals surface area contributed by atoms with Crippen molar-refractivity contribution < 1.29 is 0 Å². The average Bonchev–Trinajstić information content (AvgIpc) is 2.50. The van der Waals surface area contributed by atoms with Crippen LogP contribution in [0.2, 0.25) is 0 Å². The molecule has 0 aliphatic carbocycles. The van der Waals surface area contributed by atoms with E-state index in [4.69, 9.17) is 0 Å². The van der Waals surface area contributed by atoms with E-state index in [-0.39, 0.29) is 0 Å². The number of nitrogens with one attached hydrogen (secondary N) is 1. The molecule has 2 atom stereocenters. The second-order valence-electron chi connectivity index (χ2n) is 6.61. The van der Waals surface area contributed by atoms with Gasteiger partial charge >= 0.3 is 0 Å². The van der Waals surface area contributed by atoms with Gasteiger partial charge in [-0.15, -0.1) is 0 Å². The minimum Gasteiger partial charge on any atom is -0.316 e. The molecule has 0 amide bonds. The van der Waals surface area contributed by atoms with E-state index in [9.17, 15) is 0 Å². The van der Waals surface area contributed by atoms with Crippen LogP contribution in [0.25, 0.3) is 0 Å². The zero-order valence-electron chi connectivity index (χ0n) is 13.4. The van der Waals surface area contributed by atoms with Crippen LogP contribution >= 0.6 is 0 Å². The number of fused-ring (bicyclic) bond motifs is 1. The standard InChI is InChI=1S/C17H28N4/c1-14-11-20-8-4-3-5-17(20)13-21(14)12-16-7-6-15(9-18-2)10-19-16/h6-7,10,14,17-18H,3-5,8-9,11-13H2,1-2H3. The van der Waals surface area contributed by atoms with E-state index in [1.54, 1.807) is 0 Å². The first-order valence-corrected chi connectivity index (χ1v) is 8.33. The highest BCUT2D eigenvalue weighted by atomic mass is 15.3. The second kappa shape index (κ2) is 6.86. The Morgan fingerprint density at radius 1 is 1.29 bits per heavy atom. The van der Waals surface area contributed by atoms with Crippen molar-refractivity contribution in [2.75, 3.05) is 26.7 Å². The van der Waals surface area contributed by atoms with Crippen LogP contribution in [-0.2, 0) is 13.1 Å². The van der Waals surface area contributed by atoms with Gasteiger partial charge in [-0.3, -0.25) is 14.8 Å². The fraction of sp³-hybridized carbons (Fsp3) is 0.706. The molecular formula is C17H28N4. The molecular weight excluding hydrogens is 260 g/mol. The van der Waals surface area contributed by atoms with Gasteiger partial charge in [0.2, 0.25) is 0 Å². The maximum absolute atomic E-state index is 4.63. The molecule has 116 valence electrons. The number of hydrogen-bond acceptors (Lipinski definition) is 4. The zero-order valence-corrected chi connectivity index (χ0v) is 13.4. The quantitative estimate of drug-likeness (QED) is 0.916. The summed E-state index contributed by atoms with van der Waals surface area (Å²) in [4.78, 5) is 9.95. The maximum Gasteiger partial charge on any atom is 0.0544 e.